The topological polar surface area (TPSA) is 16.8 Å². The molecule has 0 fully saturated rings. The number of aryl methyl sites for hydroxylation is 2. The Morgan fingerprint density at radius 2 is 1.50 bits per heavy atom. The van der Waals surface area contributed by atoms with Gasteiger partial charge in [0.05, 0.1) is 13.2 Å². The maximum atomic E-state index is 4.56. The Kier molecular flexibility index (Phi) is 6.85. The third-order valence-electron chi connectivity index (χ3n) is 5.24. The molecule has 4 aromatic carbocycles. The smallest absolute Gasteiger partial charge is 0.264 e. The van der Waals surface area contributed by atoms with Gasteiger partial charge in [-0.1, -0.05) is 64.5 Å². The molecule has 5 rings (SSSR count). The second-order valence-electron chi connectivity index (χ2n) is 7.11. The third kappa shape index (κ3) is 3.97. The van der Waals surface area contributed by atoms with Crippen molar-refractivity contribution in [1.82, 2.24) is 4.98 Å². The van der Waals surface area contributed by atoms with E-state index >= 15 is 0 Å². The van der Waals surface area contributed by atoms with Gasteiger partial charge in [-0.3, -0.25) is 4.57 Å². The SMILES string of the molecule is Cc1ccc(-c2[c-]c3c(cc2)ccc2ccccc23)[c-]c1-c1nccc[n+]1C.[B].[Y]. The molecule has 0 saturated carbocycles. The van der Waals surface area contributed by atoms with Gasteiger partial charge in [-0.25, -0.2) is 0 Å². The van der Waals surface area contributed by atoms with Gasteiger partial charge in [0.25, 0.3) is 5.82 Å². The van der Waals surface area contributed by atoms with Gasteiger partial charge < -0.3 is 0 Å². The number of hydrogen-bond donors (Lipinski definition) is 0. The van der Waals surface area contributed by atoms with Crippen molar-refractivity contribution in [1.29, 1.82) is 0 Å². The molecule has 30 heavy (non-hydrogen) atoms. The fraction of sp³-hybridized carbons (Fsp3) is 0.0769. The maximum absolute atomic E-state index is 4.56. The van der Waals surface area contributed by atoms with Gasteiger partial charge in [0.2, 0.25) is 0 Å². The molecule has 1 aromatic heterocycles. The number of aromatic nitrogens is 2. The van der Waals surface area contributed by atoms with Gasteiger partial charge in [-0.05, 0) is 5.56 Å². The molecule has 140 valence electrons. The summed E-state index contributed by atoms with van der Waals surface area (Å²) in [6, 6.07) is 30.5. The molecule has 0 aliphatic carbocycles. The Morgan fingerprint density at radius 1 is 0.800 bits per heavy atom. The van der Waals surface area contributed by atoms with Crippen LogP contribution in [0, 0.1) is 19.1 Å². The van der Waals surface area contributed by atoms with Crippen LogP contribution in [0.5, 0.6) is 0 Å². The van der Waals surface area contributed by atoms with Crippen LogP contribution in [0.2, 0.25) is 0 Å². The van der Waals surface area contributed by atoms with Crippen LogP contribution in [-0.4, -0.2) is 13.4 Å². The van der Waals surface area contributed by atoms with E-state index in [9.17, 15) is 0 Å². The van der Waals surface area contributed by atoms with Gasteiger partial charge in [0.15, 0.2) is 0 Å². The molecule has 0 atom stereocenters. The van der Waals surface area contributed by atoms with Crippen LogP contribution in [0.3, 0.4) is 0 Å². The molecular formula is C26H19BN2Y-. The molecule has 1 heterocycles. The van der Waals surface area contributed by atoms with E-state index in [4.69, 9.17) is 0 Å². The Morgan fingerprint density at radius 3 is 2.33 bits per heavy atom. The minimum absolute atomic E-state index is 0. The Labute approximate surface area is 204 Å². The van der Waals surface area contributed by atoms with Crippen LogP contribution < -0.4 is 4.57 Å². The van der Waals surface area contributed by atoms with E-state index in [1.807, 2.05) is 30.1 Å². The van der Waals surface area contributed by atoms with Crippen molar-refractivity contribution in [2.24, 2.45) is 7.05 Å². The average molecular weight is 459 g/mol. The summed E-state index contributed by atoms with van der Waals surface area (Å²) in [5.41, 5.74) is 4.25. The summed E-state index contributed by atoms with van der Waals surface area (Å²) in [4.78, 5) is 4.56. The zero-order valence-corrected chi connectivity index (χ0v) is 19.9. The van der Waals surface area contributed by atoms with E-state index in [-0.39, 0.29) is 41.1 Å². The molecule has 0 N–H and O–H groups in total. The van der Waals surface area contributed by atoms with Crippen LogP contribution in [0.15, 0.2) is 79.1 Å². The molecule has 0 amide bonds. The molecule has 0 aliphatic rings. The first-order valence-electron chi connectivity index (χ1n) is 9.39. The summed E-state index contributed by atoms with van der Waals surface area (Å²) < 4.78 is 2.03. The van der Waals surface area contributed by atoms with Crippen LogP contribution in [0.4, 0.5) is 0 Å². The van der Waals surface area contributed by atoms with Gasteiger partial charge in [0, 0.05) is 47.2 Å². The fourth-order valence-electron chi connectivity index (χ4n) is 3.71. The van der Waals surface area contributed by atoms with Crippen LogP contribution in [0.25, 0.3) is 44.1 Å². The molecule has 0 aliphatic heterocycles. The predicted octanol–water partition coefficient (Wildman–Crippen LogP) is 5.07. The minimum Gasteiger partial charge on any atom is -0.265 e. The number of nitrogens with zero attached hydrogens (tertiary/aromatic N) is 2. The number of fused-ring (bicyclic) bond motifs is 3. The number of hydrogen-bond acceptors (Lipinski definition) is 1. The van der Waals surface area contributed by atoms with E-state index in [0.29, 0.717) is 0 Å². The fourth-order valence-corrected chi connectivity index (χ4v) is 3.71. The molecular weight excluding hydrogens is 440 g/mol. The molecule has 4 heteroatoms. The molecule has 2 nitrogen and oxygen atoms in total. The summed E-state index contributed by atoms with van der Waals surface area (Å²) in [5, 5.41) is 4.81. The molecule has 4 radical (unpaired) electrons. The van der Waals surface area contributed by atoms with Crippen molar-refractivity contribution < 1.29 is 37.3 Å². The Bertz CT molecular complexity index is 1350. The van der Waals surface area contributed by atoms with Crippen molar-refractivity contribution in [3.05, 3.63) is 96.8 Å². The largest absolute Gasteiger partial charge is 0.265 e. The van der Waals surface area contributed by atoms with Crippen molar-refractivity contribution >= 4 is 30.0 Å². The number of rotatable bonds is 2. The van der Waals surface area contributed by atoms with Gasteiger partial charge in [0.1, 0.15) is 6.20 Å². The monoisotopic (exact) mass is 459 g/mol. The normalized spacial score (nSPS) is 10.5. The molecule has 0 spiro atoms. The number of benzene rings is 4. The van der Waals surface area contributed by atoms with Crippen LogP contribution in [-0.2, 0) is 39.8 Å². The first-order chi connectivity index (χ1) is 13.7. The standard InChI is InChI=1S/C26H19N2.B.Y/c1-18-8-9-21(16-24(18)26-27-14-5-15-28(26)2)22-13-12-20-11-10-19-6-3-4-7-23(19)25(20)17-22;;/h3-15H,1-2H3;;/q-1;;. The maximum Gasteiger partial charge on any atom is 0.264 e. The summed E-state index contributed by atoms with van der Waals surface area (Å²) in [6.07, 6.45) is 3.83. The van der Waals surface area contributed by atoms with E-state index in [1.54, 1.807) is 0 Å². The second-order valence-corrected chi connectivity index (χ2v) is 7.11. The van der Waals surface area contributed by atoms with Gasteiger partial charge >= 0.3 is 0 Å². The minimum atomic E-state index is 0. The van der Waals surface area contributed by atoms with Crippen LogP contribution >= 0.6 is 0 Å². The molecule has 5 aromatic rings. The molecule has 0 unspecified atom stereocenters. The van der Waals surface area contributed by atoms with E-state index in [1.165, 1.54) is 16.2 Å². The van der Waals surface area contributed by atoms with E-state index in [2.05, 4.69) is 84.7 Å². The Hall–Kier alpha value is -2.35. The quantitative estimate of drug-likeness (QED) is 0.156. The van der Waals surface area contributed by atoms with Crippen molar-refractivity contribution in [2.75, 3.05) is 0 Å². The molecule has 0 saturated heterocycles. The van der Waals surface area contributed by atoms with Gasteiger partial charge in [-0.15, -0.1) is 29.1 Å². The van der Waals surface area contributed by atoms with E-state index in [0.717, 1.165) is 33.5 Å². The summed E-state index contributed by atoms with van der Waals surface area (Å²) >= 11 is 0. The zero-order chi connectivity index (χ0) is 19.1. The summed E-state index contributed by atoms with van der Waals surface area (Å²) in [6.45, 7) is 2.10. The van der Waals surface area contributed by atoms with Crippen molar-refractivity contribution in [3.63, 3.8) is 0 Å². The predicted molar refractivity (Wildman–Crippen MR) is 119 cm³/mol. The van der Waals surface area contributed by atoms with Crippen LogP contribution in [0.1, 0.15) is 5.56 Å². The zero-order valence-electron chi connectivity index (χ0n) is 17.1. The third-order valence-corrected chi connectivity index (χ3v) is 5.24. The molecule has 0 bridgehead atoms. The summed E-state index contributed by atoms with van der Waals surface area (Å²) in [7, 11) is 2.01. The first kappa shape index (κ1) is 22.3. The van der Waals surface area contributed by atoms with E-state index < -0.39 is 0 Å². The van der Waals surface area contributed by atoms with Gasteiger partial charge in [-0.2, -0.15) is 29.3 Å². The average Bonchev–Trinajstić information content (AvgIpc) is 2.74. The summed E-state index contributed by atoms with van der Waals surface area (Å²) in [5.74, 6) is 0.910. The Balaban J connectivity index is 0.00000128. The van der Waals surface area contributed by atoms with Crippen molar-refractivity contribution in [2.45, 2.75) is 6.92 Å². The first-order valence-corrected chi connectivity index (χ1v) is 9.39. The van der Waals surface area contributed by atoms with Crippen molar-refractivity contribution in [3.8, 4) is 22.5 Å². The second kappa shape index (κ2) is 9.20.